The highest BCUT2D eigenvalue weighted by Gasteiger charge is 2.38. The van der Waals surface area contributed by atoms with Crippen LogP contribution in [0.5, 0.6) is 5.06 Å². The van der Waals surface area contributed by atoms with E-state index in [2.05, 4.69) is 0 Å². The van der Waals surface area contributed by atoms with E-state index in [1.165, 1.54) is 16.2 Å². The zero-order valence-corrected chi connectivity index (χ0v) is 9.49. The first-order chi connectivity index (χ1) is 7.63. The van der Waals surface area contributed by atoms with Crippen LogP contribution in [-0.4, -0.2) is 30.6 Å². The standard InChI is InChI=1S/C10H11NO4S/c1-15-8-3-2-7(16-8)11-5-4-6(9(11)12)10(13)14/h2-3,6H,4-5H2,1H3,(H,13,14). The van der Waals surface area contributed by atoms with Gasteiger partial charge in [-0.05, 0) is 18.6 Å². The highest BCUT2D eigenvalue weighted by molar-refractivity contribution is 7.18. The first-order valence-electron chi connectivity index (χ1n) is 4.81. The first-order valence-corrected chi connectivity index (χ1v) is 5.63. The van der Waals surface area contributed by atoms with Gasteiger partial charge in [-0.1, -0.05) is 11.3 Å². The molecule has 1 amide bonds. The molecule has 1 N–H and O–H groups in total. The number of ether oxygens (including phenoxy) is 1. The van der Waals surface area contributed by atoms with Crippen LogP contribution in [0, 0.1) is 5.92 Å². The monoisotopic (exact) mass is 241 g/mol. The summed E-state index contributed by atoms with van der Waals surface area (Å²) in [6.45, 7) is 0.458. The molecular weight excluding hydrogens is 230 g/mol. The van der Waals surface area contributed by atoms with Gasteiger partial charge in [0.2, 0.25) is 5.91 Å². The third-order valence-electron chi connectivity index (χ3n) is 2.54. The Bertz CT molecular complexity index is 428. The molecule has 2 heterocycles. The number of carboxylic acids is 1. The molecule has 2 rings (SSSR count). The van der Waals surface area contributed by atoms with E-state index in [1.54, 1.807) is 19.2 Å². The number of aliphatic carboxylic acids is 1. The largest absolute Gasteiger partial charge is 0.487 e. The van der Waals surface area contributed by atoms with Crippen molar-refractivity contribution in [2.24, 2.45) is 5.92 Å². The van der Waals surface area contributed by atoms with Crippen molar-refractivity contribution < 1.29 is 19.4 Å². The van der Waals surface area contributed by atoms with Crippen molar-refractivity contribution in [3.63, 3.8) is 0 Å². The van der Waals surface area contributed by atoms with Crippen LogP contribution in [-0.2, 0) is 9.59 Å². The van der Waals surface area contributed by atoms with Crippen LogP contribution in [0.2, 0.25) is 0 Å². The van der Waals surface area contributed by atoms with Gasteiger partial charge in [-0.2, -0.15) is 0 Å². The minimum absolute atomic E-state index is 0.336. The van der Waals surface area contributed by atoms with E-state index in [1.807, 2.05) is 0 Å². The molecule has 1 atom stereocenters. The number of amides is 1. The van der Waals surface area contributed by atoms with Gasteiger partial charge in [-0.15, -0.1) is 0 Å². The highest BCUT2D eigenvalue weighted by atomic mass is 32.1. The van der Waals surface area contributed by atoms with Gasteiger partial charge in [0.25, 0.3) is 0 Å². The molecule has 0 aliphatic carbocycles. The predicted molar refractivity (Wildman–Crippen MR) is 59.0 cm³/mol. The fraction of sp³-hybridized carbons (Fsp3) is 0.400. The summed E-state index contributed by atoms with van der Waals surface area (Å²) in [5.41, 5.74) is 0. The fourth-order valence-corrected chi connectivity index (χ4v) is 2.55. The summed E-state index contributed by atoms with van der Waals surface area (Å²) in [5, 5.41) is 10.3. The van der Waals surface area contributed by atoms with Gasteiger partial charge in [0, 0.05) is 6.54 Å². The number of carbonyl (C=O) groups excluding carboxylic acids is 1. The van der Waals surface area contributed by atoms with Crippen molar-refractivity contribution in [2.75, 3.05) is 18.6 Å². The molecule has 1 unspecified atom stereocenters. The minimum Gasteiger partial charge on any atom is -0.487 e. The Balaban J connectivity index is 2.18. The number of carboxylic acid groups (broad SMARTS) is 1. The lowest BCUT2D eigenvalue weighted by molar-refractivity contribution is -0.144. The number of nitrogens with zero attached hydrogens (tertiary/aromatic N) is 1. The Morgan fingerprint density at radius 1 is 1.62 bits per heavy atom. The first kappa shape index (κ1) is 10.9. The third kappa shape index (κ3) is 1.76. The predicted octanol–water partition coefficient (Wildman–Crippen LogP) is 1.19. The van der Waals surface area contributed by atoms with Crippen molar-refractivity contribution in [3.8, 4) is 5.06 Å². The lowest BCUT2D eigenvalue weighted by Gasteiger charge is -2.12. The van der Waals surface area contributed by atoms with Crippen LogP contribution in [0.15, 0.2) is 12.1 Å². The van der Waals surface area contributed by atoms with Crippen LogP contribution in [0.25, 0.3) is 0 Å². The zero-order chi connectivity index (χ0) is 11.7. The summed E-state index contributed by atoms with van der Waals surface area (Å²) < 4.78 is 5.03. The van der Waals surface area contributed by atoms with Gasteiger partial charge in [0.1, 0.15) is 10.9 Å². The van der Waals surface area contributed by atoms with Crippen LogP contribution in [0.1, 0.15) is 6.42 Å². The van der Waals surface area contributed by atoms with Crippen LogP contribution in [0.3, 0.4) is 0 Å². The van der Waals surface area contributed by atoms with Crippen LogP contribution < -0.4 is 9.64 Å². The molecule has 1 saturated heterocycles. The third-order valence-corrected chi connectivity index (χ3v) is 3.61. The SMILES string of the molecule is COc1ccc(N2CCC(C(=O)O)C2=O)s1. The lowest BCUT2D eigenvalue weighted by Crippen LogP contribution is -2.29. The van der Waals surface area contributed by atoms with Crippen molar-refractivity contribution in [3.05, 3.63) is 12.1 Å². The summed E-state index contributed by atoms with van der Waals surface area (Å²) in [6.07, 6.45) is 0.369. The summed E-state index contributed by atoms with van der Waals surface area (Å²) in [4.78, 5) is 24.0. The van der Waals surface area contributed by atoms with Gasteiger partial charge < -0.3 is 14.7 Å². The maximum absolute atomic E-state index is 11.8. The zero-order valence-electron chi connectivity index (χ0n) is 8.67. The van der Waals surface area contributed by atoms with E-state index in [0.717, 1.165) is 5.00 Å². The number of methoxy groups -OCH3 is 1. The number of hydrogen-bond donors (Lipinski definition) is 1. The van der Waals surface area contributed by atoms with E-state index in [-0.39, 0.29) is 5.91 Å². The molecule has 0 radical (unpaired) electrons. The maximum atomic E-state index is 11.8. The molecule has 1 aromatic rings. The Kier molecular flexibility index (Phi) is 2.82. The number of carbonyl (C=O) groups is 2. The number of anilines is 1. The fourth-order valence-electron chi connectivity index (χ4n) is 1.69. The number of hydrogen-bond acceptors (Lipinski definition) is 4. The van der Waals surface area contributed by atoms with Gasteiger partial charge in [-0.25, -0.2) is 0 Å². The van der Waals surface area contributed by atoms with E-state index < -0.39 is 11.9 Å². The molecule has 5 nitrogen and oxygen atoms in total. The second-order valence-electron chi connectivity index (χ2n) is 3.47. The molecule has 16 heavy (non-hydrogen) atoms. The normalized spacial score (nSPS) is 20.2. The van der Waals surface area contributed by atoms with Crippen molar-refractivity contribution >= 4 is 28.2 Å². The summed E-state index contributed by atoms with van der Waals surface area (Å²) >= 11 is 1.34. The molecule has 0 saturated carbocycles. The van der Waals surface area contributed by atoms with Gasteiger partial charge in [0.05, 0.1) is 7.11 Å². The van der Waals surface area contributed by atoms with Crippen molar-refractivity contribution in [1.29, 1.82) is 0 Å². The lowest BCUT2D eigenvalue weighted by atomic mass is 10.1. The molecule has 1 aromatic heterocycles. The number of rotatable bonds is 3. The molecule has 6 heteroatoms. The second kappa shape index (κ2) is 4.13. The van der Waals surface area contributed by atoms with E-state index in [9.17, 15) is 9.59 Å². The van der Waals surface area contributed by atoms with E-state index in [4.69, 9.17) is 9.84 Å². The molecule has 1 aliphatic rings. The quantitative estimate of drug-likeness (QED) is 0.807. The average molecular weight is 241 g/mol. The van der Waals surface area contributed by atoms with Crippen LogP contribution >= 0.6 is 11.3 Å². The number of thiophene rings is 1. The highest BCUT2D eigenvalue weighted by Crippen LogP contribution is 2.35. The molecule has 0 aromatic carbocycles. The van der Waals surface area contributed by atoms with Crippen molar-refractivity contribution in [2.45, 2.75) is 6.42 Å². The van der Waals surface area contributed by atoms with E-state index >= 15 is 0 Å². The second-order valence-corrected chi connectivity index (χ2v) is 4.49. The summed E-state index contributed by atoms with van der Waals surface area (Å²) in [5.74, 6) is -2.28. The molecule has 86 valence electrons. The molecular formula is C10H11NO4S. The Morgan fingerprint density at radius 3 is 2.88 bits per heavy atom. The molecule has 1 aliphatic heterocycles. The maximum Gasteiger partial charge on any atom is 0.316 e. The molecule has 1 fully saturated rings. The topological polar surface area (TPSA) is 66.8 Å². The smallest absolute Gasteiger partial charge is 0.316 e. The molecule has 0 spiro atoms. The van der Waals surface area contributed by atoms with Gasteiger partial charge >= 0.3 is 5.97 Å². The Morgan fingerprint density at radius 2 is 2.38 bits per heavy atom. The van der Waals surface area contributed by atoms with Gasteiger partial charge in [-0.3, -0.25) is 9.59 Å². The van der Waals surface area contributed by atoms with Gasteiger partial charge in [0.15, 0.2) is 5.06 Å². The average Bonchev–Trinajstić information content (AvgIpc) is 2.83. The summed E-state index contributed by atoms with van der Waals surface area (Å²) in [7, 11) is 1.56. The van der Waals surface area contributed by atoms with E-state index in [0.29, 0.717) is 18.0 Å². The summed E-state index contributed by atoms with van der Waals surface area (Å²) in [6, 6.07) is 3.53. The molecule has 0 bridgehead atoms. The van der Waals surface area contributed by atoms with Crippen LogP contribution in [0.4, 0.5) is 5.00 Å². The Labute approximate surface area is 96.2 Å². The minimum atomic E-state index is -1.05. The van der Waals surface area contributed by atoms with Crippen molar-refractivity contribution in [1.82, 2.24) is 0 Å². The Hall–Kier alpha value is -1.56.